The zero-order chi connectivity index (χ0) is 21.8. The number of hydrogen-bond acceptors (Lipinski definition) is 6. The maximum Gasteiger partial charge on any atom is 0.295 e. The quantitative estimate of drug-likeness (QED) is 0.407. The molecule has 7 heteroatoms. The van der Waals surface area contributed by atoms with Gasteiger partial charge in [-0.25, -0.2) is 0 Å². The van der Waals surface area contributed by atoms with E-state index in [4.69, 9.17) is 9.15 Å². The summed E-state index contributed by atoms with van der Waals surface area (Å²) in [7, 11) is 1.52. The molecule has 1 fully saturated rings. The highest BCUT2D eigenvalue weighted by atomic mass is 16.5. The van der Waals surface area contributed by atoms with Crippen molar-refractivity contribution in [3.05, 3.63) is 59.1 Å². The van der Waals surface area contributed by atoms with Crippen LogP contribution in [0.1, 0.15) is 37.0 Å². The van der Waals surface area contributed by atoms with E-state index < -0.39 is 17.7 Å². The number of furan rings is 1. The van der Waals surface area contributed by atoms with Crippen molar-refractivity contribution in [1.82, 2.24) is 9.80 Å². The van der Waals surface area contributed by atoms with Crippen LogP contribution in [0.2, 0.25) is 0 Å². The summed E-state index contributed by atoms with van der Waals surface area (Å²) in [6.45, 7) is 8.56. The van der Waals surface area contributed by atoms with E-state index in [-0.39, 0.29) is 11.3 Å². The summed E-state index contributed by atoms with van der Waals surface area (Å²) < 4.78 is 11.0. The molecule has 2 heterocycles. The van der Waals surface area contributed by atoms with E-state index in [0.717, 1.165) is 13.1 Å². The summed E-state index contributed by atoms with van der Waals surface area (Å²) in [5.74, 6) is 0.0767. The van der Waals surface area contributed by atoms with E-state index in [9.17, 15) is 14.7 Å². The third-order valence-electron chi connectivity index (χ3n) is 5.47. The van der Waals surface area contributed by atoms with Crippen molar-refractivity contribution in [1.29, 1.82) is 0 Å². The SMILES string of the molecule is CCN(CC)CCN1C(=O)C(=O)C(=C(O)c2cccc(OC)c2)C1c1ccc(C)o1. The van der Waals surface area contributed by atoms with Gasteiger partial charge in [0.25, 0.3) is 11.7 Å². The molecule has 1 aliphatic rings. The van der Waals surface area contributed by atoms with Gasteiger partial charge in [0, 0.05) is 18.7 Å². The van der Waals surface area contributed by atoms with E-state index in [0.29, 0.717) is 35.9 Å². The van der Waals surface area contributed by atoms with Crippen LogP contribution < -0.4 is 4.74 Å². The van der Waals surface area contributed by atoms with Crippen LogP contribution in [-0.2, 0) is 9.59 Å². The van der Waals surface area contributed by atoms with E-state index in [2.05, 4.69) is 4.90 Å². The van der Waals surface area contributed by atoms with Crippen molar-refractivity contribution in [2.75, 3.05) is 33.3 Å². The highest BCUT2D eigenvalue weighted by molar-refractivity contribution is 6.46. The van der Waals surface area contributed by atoms with E-state index in [1.54, 1.807) is 43.3 Å². The Hall–Kier alpha value is -3.06. The zero-order valence-corrected chi connectivity index (χ0v) is 17.8. The van der Waals surface area contributed by atoms with Gasteiger partial charge in [0.05, 0.1) is 12.7 Å². The predicted molar refractivity (Wildman–Crippen MR) is 113 cm³/mol. The van der Waals surface area contributed by atoms with Crippen molar-refractivity contribution < 1.29 is 23.8 Å². The van der Waals surface area contributed by atoms with Crippen molar-refractivity contribution in [3.63, 3.8) is 0 Å². The van der Waals surface area contributed by atoms with Gasteiger partial charge in [-0.1, -0.05) is 26.0 Å². The van der Waals surface area contributed by atoms with Crippen LogP contribution in [0.4, 0.5) is 0 Å². The standard InChI is InChI=1S/C23H28N2O5/c1-5-24(6-2)12-13-25-20(18-11-10-15(3)30-18)19(22(27)23(25)28)21(26)16-8-7-9-17(14-16)29-4/h7-11,14,20,26H,5-6,12-13H2,1-4H3. The Balaban J connectivity index is 2.07. The number of ether oxygens (including phenoxy) is 1. The summed E-state index contributed by atoms with van der Waals surface area (Å²) in [4.78, 5) is 29.5. The third-order valence-corrected chi connectivity index (χ3v) is 5.47. The number of methoxy groups -OCH3 is 1. The Bertz CT molecular complexity index is 958. The second-order valence-electron chi connectivity index (χ2n) is 7.20. The molecule has 1 N–H and O–H groups in total. The van der Waals surface area contributed by atoms with Gasteiger partial charge in [0.15, 0.2) is 0 Å². The first-order valence-electron chi connectivity index (χ1n) is 10.1. The summed E-state index contributed by atoms with van der Waals surface area (Å²) >= 11 is 0. The second-order valence-corrected chi connectivity index (χ2v) is 7.20. The summed E-state index contributed by atoms with van der Waals surface area (Å²) in [5, 5.41) is 11.0. The highest BCUT2D eigenvalue weighted by Crippen LogP contribution is 2.40. The number of hydrogen-bond donors (Lipinski definition) is 1. The van der Waals surface area contributed by atoms with Crippen LogP contribution in [0.15, 0.2) is 46.4 Å². The fraction of sp³-hybridized carbons (Fsp3) is 0.391. The van der Waals surface area contributed by atoms with Crippen LogP contribution in [0.3, 0.4) is 0 Å². The van der Waals surface area contributed by atoms with Crippen LogP contribution in [0, 0.1) is 6.92 Å². The number of amides is 1. The Morgan fingerprint density at radius 1 is 1.20 bits per heavy atom. The number of aliphatic hydroxyl groups excluding tert-OH is 1. The molecule has 3 rings (SSSR count). The van der Waals surface area contributed by atoms with Gasteiger partial charge in [-0.3, -0.25) is 9.59 Å². The summed E-state index contributed by atoms with van der Waals surface area (Å²) in [6, 6.07) is 9.51. The first-order chi connectivity index (χ1) is 14.4. The molecule has 0 saturated carbocycles. The molecule has 0 aliphatic carbocycles. The highest BCUT2D eigenvalue weighted by Gasteiger charge is 2.47. The molecule has 0 radical (unpaired) electrons. The molecular formula is C23H28N2O5. The monoisotopic (exact) mass is 412 g/mol. The molecule has 7 nitrogen and oxygen atoms in total. The first kappa shape index (κ1) is 21.6. The smallest absolute Gasteiger partial charge is 0.295 e. The van der Waals surface area contributed by atoms with Crippen LogP contribution in [0.5, 0.6) is 5.75 Å². The number of carbonyl (C=O) groups excluding carboxylic acids is 2. The fourth-order valence-corrected chi connectivity index (χ4v) is 3.72. The average Bonchev–Trinajstić information content (AvgIpc) is 3.29. The van der Waals surface area contributed by atoms with Gasteiger partial charge in [-0.05, 0) is 44.3 Å². The lowest BCUT2D eigenvalue weighted by atomic mass is 9.99. The van der Waals surface area contributed by atoms with Gasteiger partial charge >= 0.3 is 0 Å². The van der Waals surface area contributed by atoms with Gasteiger partial charge < -0.3 is 24.1 Å². The summed E-state index contributed by atoms with van der Waals surface area (Å²) in [6.07, 6.45) is 0. The average molecular weight is 412 g/mol. The van der Waals surface area contributed by atoms with Crippen molar-refractivity contribution >= 4 is 17.4 Å². The maximum absolute atomic E-state index is 13.0. The minimum absolute atomic E-state index is 0.0298. The normalized spacial score (nSPS) is 18.4. The Morgan fingerprint density at radius 3 is 2.53 bits per heavy atom. The largest absolute Gasteiger partial charge is 0.507 e. The Labute approximate surface area is 176 Å². The minimum Gasteiger partial charge on any atom is -0.507 e. The van der Waals surface area contributed by atoms with E-state index in [1.807, 2.05) is 13.8 Å². The van der Waals surface area contributed by atoms with Crippen LogP contribution in [-0.4, -0.2) is 59.9 Å². The minimum atomic E-state index is -0.777. The number of likely N-dealkylation sites (N-methyl/N-ethyl adjacent to an activating group) is 1. The predicted octanol–water partition coefficient (Wildman–Crippen LogP) is 3.36. The van der Waals surface area contributed by atoms with E-state index >= 15 is 0 Å². The lowest BCUT2D eigenvalue weighted by molar-refractivity contribution is -0.140. The summed E-state index contributed by atoms with van der Waals surface area (Å²) in [5.41, 5.74) is 0.437. The molecule has 1 aromatic heterocycles. The molecule has 1 aliphatic heterocycles. The molecule has 1 aromatic carbocycles. The molecule has 1 atom stereocenters. The number of aliphatic hydroxyl groups is 1. The molecule has 2 aromatic rings. The number of ketones is 1. The molecule has 160 valence electrons. The van der Waals surface area contributed by atoms with Crippen molar-refractivity contribution in [2.24, 2.45) is 0 Å². The number of Topliss-reactive ketones (excluding diaryl/α,β-unsaturated/α-hetero) is 1. The maximum atomic E-state index is 13.0. The topological polar surface area (TPSA) is 83.2 Å². The lowest BCUT2D eigenvalue weighted by Gasteiger charge is -2.26. The third kappa shape index (κ3) is 4.11. The molecule has 0 bridgehead atoms. The first-order valence-corrected chi connectivity index (χ1v) is 10.1. The number of nitrogens with zero attached hydrogens (tertiary/aromatic N) is 2. The second kappa shape index (κ2) is 9.17. The fourth-order valence-electron chi connectivity index (χ4n) is 3.72. The lowest BCUT2D eigenvalue weighted by Crippen LogP contribution is -2.37. The van der Waals surface area contributed by atoms with Gasteiger partial charge in [0.1, 0.15) is 29.1 Å². The number of rotatable bonds is 8. The van der Waals surface area contributed by atoms with Gasteiger partial charge in [-0.2, -0.15) is 0 Å². The number of likely N-dealkylation sites (tertiary alicyclic amines) is 1. The molecule has 30 heavy (non-hydrogen) atoms. The van der Waals surface area contributed by atoms with Crippen LogP contribution in [0.25, 0.3) is 5.76 Å². The number of benzene rings is 1. The molecule has 0 spiro atoms. The molecular weight excluding hydrogens is 384 g/mol. The van der Waals surface area contributed by atoms with Gasteiger partial charge in [0.2, 0.25) is 0 Å². The zero-order valence-electron chi connectivity index (χ0n) is 17.8. The van der Waals surface area contributed by atoms with E-state index in [1.165, 1.54) is 12.0 Å². The number of carbonyl (C=O) groups is 2. The van der Waals surface area contributed by atoms with Crippen LogP contribution >= 0.6 is 0 Å². The molecule has 1 amide bonds. The Morgan fingerprint density at radius 2 is 1.93 bits per heavy atom. The molecule has 1 unspecified atom stereocenters. The van der Waals surface area contributed by atoms with Crippen molar-refractivity contribution in [3.8, 4) is 5.75 Å². The molecule has 1 saturated heterocycles. The Kier molecular flexibility index (Phi) is 6.62. The van der Waals surface area contributed by atoms with Crippen molar-refractivity contribution in [2.45, 2.75) is 26.8 Å². The van der Waals surface area contributed by atoms with Gasteiger partial charge in [-0.15, -0.1) is 0 Å². The number of aryl methyl sites for hydroxylation is 1.